The van der Waals surface area contributed by atoms with E-state index < -0.39 is 0 Å². The van der Waals surface area contributed by atoms with Crippen LogP contribution in [0.4, 0.5) is 0 Å². The summed E-state index contributed by atoms with van der Waals surface area (Å²) in [4.78, 5) is 14.4. The number of nitrogens with zero attached hydrogens (tertiary/aromatic N) is 2. The number of carbonyl (C=O) groups is 1. The Bertz CT molecular complexity index is 665. The lowest BCUT2D eigenvalue weighted by Crippen LogP contribution is -2.28. The number of piperidine rings is 1. The van der Waals surface area contributed by atoms with Gasteiger partial charge in [-0.05, 0) is 56.7 Å². The van der Waals surface area contributed by atoms with Gasteiger partial charge < -0.3 is 0 Å². The van der Waals surface area contributed by atoms with E-state index in [4.69, 9.17) is 0 Å². The number of hydrogen-bond donors (Lipinski definition) is 0. The summed E-state index contributed by atoms with van der Waals surface area (Å²) in [5, 5.41) is 0. The number of aromatic nitrogens is 1. The van der Waals surface area contributed by atoms with Crippen molar-refractivity contribution in [2.45, 2.75) is 53.9 Å². The lowest BCUT2D eigenvalue weighted by molar-refractivity contribution is 0.101. The fourth-order valence-corrected chi connectivity index (χ4v) is 4.13. The zero-order chi connectivity index (χ0) is 19.5. The molecule has 0 saturated carbocycles. The minimum absolute atomic E-state index is 0. The molecule has 154 valence electrons. The van der Waals surface area contributed by atoms with E-state index in [1.165, 1.54) is 62.6 Å². The van der Waals surface area contributed by atoms with E-state index in [0.29, 0.717) is 5.56 Å². The minimum Gasteiger partial charge on any atom is -0.295 e. The van der Waals surface area contributed by atoms with E-state index in [2.05, 4.69) is 47.4 Å². The molecule has 0 N–H and O–H groups in total. The first-order chi connectivity index (χ1) is 13.1. The van der Waals surface area contributed by atoms with E-state index in [9.17, 15) is 4.79 Å². The molecular formula is C24H36N2OS. The largest absolute Gasteiger partial charge is 0.295 e. The summed E-state index contributed by atoms with van der Waals surface area (Å²) in [5.41, 5.74) is 3.54. The van der Waals surface area contributed by atoms with Crippen LogP contribution in [0.5, 0.6) is 0 Å². The fourth-order valence-electron chi connectivity index (χ4n) is 3.08. The van der Waals surface area contributed by atoms with Crippen molar-refractivity contribution >= 4 is 17.7 Å². The first-order valence-electron chi connectivity index (χ1n) is 9.93. The average molecular weight is 401 g/mol. The van der Waals surface area contributed by atoms with Crippen molar-refractivity contribution in [1.29, 1.82) is 0 Å². The standard InChI is InChI=1S/C16H25NS.C7H7NO.CH4/c1-3-15-8-11-17(12-9-15)18-13-10-16-6-4-14(2)5-7-16;1-6(9)7-2-4-8-5-3-7;/h4-7,15H,3,8-13H2,1-2H3;2-5H,1H3;1H4. The van der Waals surface area contributed by atoms with Crippen LogP contribution in [0.3, 0.4) is 0 Å². The van der Waals surface area contributed by atoms with Crippen molar-refractivity contribution in [3.05, 3.63) is 65.5 Å². The number of carbonyl (C=O) groups excluding carboxylic acids is 1. The van der Waals surface area contributed by atoms with E-state index >= 15 is 0 Å². The van der Waals surface area contributed by atoms with Crippen LogP contribution >= 0.6 is 11.9 Å². The second-order valence-corrected chi connectivity index (χ2v) is 8.32. The molecule has 0 unspecified atom stereocenters. The maximum Gasteiger partial charge on any atom is 0.159 e. The van der Waals surface area contributed by atoms with Crippen LogP contribution in [0.25, 0.3) is 0 Å². The molecule has 1 aromatic heterocycles. The molecule has 1 saturated heterocycles. The zero-order valence-electron chi connectivity index (χ0n) is 16.9. The highest BCUT2D eigenvalue weighted by molar-refractivity contribution is 7.97. The summed E-state index contributed by atoms with van der Waals surface area (Å²) in [6.45, 7) is 8.59. The SMILES string of the molecule is C.CC(=O)c1ccncc1.CCC1CCN(SCCc2ccc(C)cc2)CC1. The quantitative estimate of drug-likeness (QED) is 0.425. The van der Waals surface area contributed by atoms with Gasteiger partial charge in [-0.2, -0.15) is 0 Å². The Morgan fingerprint density at radius 3 is 2.21 bits per heavy atom. The number of Topliss-reactive ketones (excluding diaryl/α,β-unsaturated/α-hetero) is 1. The van der Waals surface area contributed by atoms with Gasteiger partial charge in [0.1, 0.15) is 0 Å². The highest BCUT2D eigenvalue weighted by Gasteiger charge is 2.17. The Morgan fingerprint density at radius 1 is 1.11 bits per heavy atom. The fraction of sp³-hybridized carbons (Fsp3) is 0.500. The second kappa shape index (κ2) is 13.5. The maximum absolute atomic E-state index is 10.6. The Balaban J connectivity index is 0.000000332. The van der Waals surface area contributed by atoms with Gasteiger partial charge in [0.15, 0.2) is 5.78 Å². The summed E-state index contributed by atoms with van der Waals surface area (Å²) in [6, 6.07) is 12.3. The molecule has 0 aliphatic carbocycles. The van der Waals surface area contributed by atoms with Crippen molar-refractivity contribution in [2.24, 2.45) is 5.92 Å². The van der Waals surface area contributed by atoms with Crippen LogP contribution in [-0.4, -0.2) is 33.9 Å². The van der Waals surface area contributed by atoms with Crippen molar-refractivity contribution < 1.29 is 4.79 Å². The Morgan fingerprint density at radius 2 is 1.71 bits per heavy atom. The average Bonchev–Trinajstić information content (AvgIpc) is 2.71. The Kier molecular flexibility index (Phi) is 11.8. The van der Waals surface area contributed by atoms with Gasteiger partial charge in [-0.25, -0.2) is 0 Å². The third kappa shape index (κ3) is 9.03. The van der Waals surface area contributed by atoms with Crippen molar-refractivity contribution in [3.63, 3.8) is 0 Å². The monoisotopic (exact) mass is 400 g/mol. The number of rotatable bonds is 6. The lowest BCUT2D eigenvalue weighted by Gasteiger charge is -2.30. The third-order valence-corrected chi connectivity index (χ3v) is 6.14. The lowest BCUT2D eigenvalue weighted by atomic mass is 9.96. The molecule has 2 heterocycles. The van der Waals surface area contributed by atoms with Crippen LogP contribution in [0.15, 0.2) is 48.8 Å². The van der Waals surface area contributed by atoms with Crippen molar-refractivity contribution in [2.75, 3.05) is 18.8 Å². The van der Waals surface area contributed by atoms with Crippen LogP contribution in [0.1, 0.15) is 62.0 Å². The molecule has 4 heteroatoms. The van der Waals surface area contributed by atoms with Crippen LogP contribution < -0.4 is 0 Å². The predicted octanol–water partition coefficient (Wildman–Crippen LogP) is 6.23. The summed E-state index contributed by atoms with van der Waals surface area (Å²) in [6.07, 6.45) is 8.57. The molecule has 0 amide bonds. The molecule has 2 aromatic rings. The van der Waals surface area contributed by atoms with E-state index in [1.54, 1.807) is 24.5 Å². The molecule has 0 bridgehead atoms. The normalized spacial score (nSPS) is 14.5. The number of aryl methyl sites for hydroxylation is 2. The Hall–Kier alpha value is -1.65. The smallest absolute Gasteiger partial charge is 0.159 e. The summed E-state index contributed by atoms with van der Waals surface area (Å²) >= 11 is 2.04. The first kappa shape index (κ1) is 24.4. The van der Waals surface area contributed by atoms with Gasteiger partial charge in [0.2, 0.25) is 0 Å². The molecule has 0 spiro atoms. The molecule has 28 heavy (non-hydrogen) atoms. The highest BCUT2D eigenvalue weighted by Crippen LogP contribution is 2.25. The molecule has 1 aromatic carbocycles. The van der Waals surface area contributed by atoms with E-state index in [0.717, 1.165) is 5.92 Å². The predicted molar refractivity (Wildman–Crippen MR) is 123 cm³/mol. The molecule has 0 radical (unpaired) electrons. The summed E-state index contributed by atoms with van der Waals surface area (Å²) in [7, 11) is 0. The van der Waals surface area contributed by atoms with Crippen LogP contribution in [0.2, 0.25) is 0 Å². The number of hydrogen-bond acceptors (Lipinski definition) is 4. The molecule has 1 aliphatic heterocycles. The number of benzene rings is 1. The molecule has 3 rings (SSSR count). The van der Waals surface area contributed by atoms with Gasteiger partial charge in [0, 0.05) is 36.8 Å². The van der Waals surface area contributed by atoms with Crippen molar-refractivity contribution in [3.8, 4) is 0 Å². The first-order valence-corrected chi connectivity index (χ1v) is 10.9. The van der Waals surface area contributed by atoms with Gasteiger partial charge >= 0.3 is 0 Å². The third-order valence-electron chi connectivity index (χ3n) is 5.02. The van der Waals surface area contributed by atoms with Gasteiger partial charge in [-0.3, -0.25) is 14.1 Å². The molecule has 3 nitrogen and oxygen atoms in total. The topological polar surface area (TPSA) is 33.2 Å². The van der Waals surface area contributed by atoms with Crippen molar-refractivity contribution in [1.82, 2.24) is 9.29 Å². The molecular weight excluding hydrogens is 364 g/mol. The van der Waals surface area contributed by atoms with Gasteiger partial charge in [0.05, 0.1) is 0 Å². The maximum atomic E-state index is 10.6. The molecule has 1 aliphatic rings. The van der Waals surface area contributed by atoms with Gasteiger partial charge in [-0.1, -0.05) is 62.5 Å². The van der Waals surface area contributed by atoms with Crippen LogP contribution in [-0.2, 0) is 6.42 Å². The summed E-state index contributed by atoms with van der Waals surface area (Å²) < 4.78 is 2.57. The minimum atomic E-state index is 0. The zero-order valence-corrected chi connectivity index (χ0v) is 17.7. The van der Waals surface area contributed by atoms with E-state index in [-0.39, 0.29) is 13.2 Å². The second-order valence-electron chi connectivity index (χ2n) is 7.14. The van der Waals surface area contributed by atoms with Gasteiger partial charge in [0.25, 0.3) is 0 Å². The molecule has 1 fully saturated rings. The number of pyridine rings is 1. The van der Waals surface area contributed by atoms with Gasteiger partial charge in [-0.15, -0.1) is 0 Å². The Labute approximate surface area is 176 Å². The van der Waals surface area contributed by atoms with Crippen LogP contribution in [0, 0.1) is 12.8 Å². The highest BCUT2D eigenvalue weighted by atomic mass is 32.2. The number of ketones is 1. The summed E-state index contributed by atoms with van der Waals surface area (Å²) in [5.74, 6) is 2.29. The van der Waals surface area contributed by atoms with E-state index in [1.807, 2.05) is 11.9 Å². The molecule has 0 atom stereocenters.